The molecular weight excluding hydrogens is 539 g/mol. The highest BCUT2D eigenvalue weighted by atomic mass is 32.1. The van der Waals surface area contributed by atoms with Crippen LogP contribution in [0.5, 0.6) is 0 Å². The number of aliphatic hydroxyl groups is 2. The summed E-state index contributed by atoms with van der Waals surface area (Å²) in [5, 5.41) is 20.5. The van der Waals surface area contributed by atoms with Crippen LogP contribution in [0.15, 0.2) is 11.1 Å². The van der Waals surface area contributed by atoms with Crippen molar-refractivity contribution >= 4 is 53.5 Å². The van der Waals surface area contributed by atoms with E-state index in [2.05, 4.69) is 45.0 Å². The Hall–Kier alpha value is -1.21. The monoisotopic (exact) mass is 555 g/mol. The van der Waals surface area contributed by atoms with Gasteiger partial charge in [-0.25, -0.2) is 22.6 Å². The lowest BCUT2D eigenvalue weighted by molar-refractivity contribution is -0.0503. The van der Waals surface area contributed by atoms with Crippen LogP contribution >= 0.6 is 36.4 Å². The van der Waals surface area contributed by atoms with E-state index < -0.39 is 60.2 Å². The normalized spacial score (nSPS) is 28.9. The van der Waals surface area contributed by atoms with E-state index in [9.17, 15) is 38.5 Å². The average Bonchev–Trinajstić information content (AvgIpc) is 3.20. The molecule has 1 aliphatic heterocycles. The molecule has 2 aromatic heterocycles. The molecule has 7 atom stereocenters. The van der Waals surface area contributed by atoms with Gasteiger partial charge in [0.1, 0.15) is 18.3 Å². The number of imidazole rings is 1. The number of nitrogens with two attached hydrogens (primary N) is 1. The molecule has 2 aromatic rings. The van der Waals surface area contributed by atoms with Crippen LogP contribution in [-0.4, -0.2) is 69.3 Å². The smallest absolute Gasteiger partial charge is 0.387 e. The first-order chi connectivity index (χ1) is 15.1. The van der Waals surface area contributed by atoms with Crippen molar-refractivity contribution in [1.82, 2.24) is 19.5 Å². The molecule has 1 aliphatic rings. The topological polar surface area (TPSA) is 288 Å². The third kappa shape index (κ3) is 6.08. The maximum absolute atomic E-state index is 11.9. The van der Waals surface area contributed by atoms with Crippen LogP contribution in [0.4, 0.5) is 5.95 Å². The van der Waals surface area contributed by atoms with Gasteiger partial charge in [0.25, 0.3) is 5.56 Å². The molecule has 0 bridgehead atoms. The van der Waals surface area contributed by atoms with Gasteiger partial charge in [0, 0.05) is 0 Å². The van der Waals surface area contributed by atoms with Crippen LogP contribution in [0, 0.1) is 0 Å². The van der Waals surface area contributed by atoms with Gasteiger partial charge < -0.3 is 35.4 Å². The molecule has 3 rings (SSSR count). The number of hydrogen-bond acceptors (Lipinski definition) is 15. The first-order valence-electron chi connectivity index (χ1n) is 8.27. The van der Waals surface area contributed by atoms with Gasteiger partial charge in [0.15, 0.2) is 17.4 Å². The summed E-state index contributed by atoms with van der Waals surface area (Å²) in [4.78, 5) is 49.6. The van der Waals surface area contributed by atoms with E-state index in [4.69, 9.17) is 15.4 Å². The number of phosphoric ester groups is 1. The lowest BCUT2D eigenvalue weighted by Crippen LogP contribution is -2.33. The molecular formula is C10H16N5O14P3S. The molecule has 0 spiro atoms. The second kappa shape index (κ2) is 9.44. The summed E-state index contributed by atoms with van der Waals surface area (Å²) >= 11 is 2.92. The van der Waals surface area contributed by atoms with Gasteiger partial charge in [0.05, 0.1) is 12.9 Å². The van der Waals surface area contributed by atoms with E-state index in [0.717, 1.165) is 10.9 Å². The van der Waals surface area contributed by atoms with Crippen molar-refractivity contribution in [2.45, 2.75) is 24.5 Å². The van der Waals surface area contributed by atoms with Gasteiger partial charge in [-0.3, -0.25) is 18.9 Å². The number of anilines is 1. The van der Waals surface area contributed by atoms with E-state index in [-0.39, 0.29) is 17.1 Å². The quantitative estimate of drug-likeness (QED) is 0.0995. The van der Waals surface area contributed by atoms with E-state index in [1.807, 2.05) is 0 Å². The van der Waals surface area contributed by atoms with Crippen molar-refractivity contribution in [3.05, 3.63) is 16.7 Å². The molecule has 3 unspecified atom stereocenters. The van der Waals surface area contributed by atoms with Crippen LogP contribution in [-0.2, 0) is 35.5 Å². The zero-order chi connectivity index (χ0) is 24.8. The Balaban J connectivity index is 1.71. The second-order valence-corrected chi connectivity index (χ2v) is 11.3. The third-order valence-electron chi connectivity index (χ3n) is 3.98. The molecule has 1 saturated heterocycles. The SMILES string of the molecule is Nc1nc2c(ncn2[C@@H]2O[C@H](COP(=O)(O)OP(=O)(O)OP(=O)(O)OS)[C@@H](O)[C@H]2O)c(=O)[nH]1. The standard InChI is InChI=1S/C10H16N5O14P3S/c11-10-13-7-4(8(18)14-10)12-2-15(7)9-6(17)5(16)3(26-9)1-25-30(19,20)27-31(21,22)28-32(23,24)29-33/h2-3,5-6,9,16-17,33H,1H2,(H,19,20)(H,21,22)(H,23,24)(H3,11,13,14,18)/t3-,5-,6-,9-/m1/s1. The van der Waals surface area contributed by atoms with Crippen molar-refractivity contribution in [3.8, 4) is 0 Å². The number of nitrogens with zero attached hydrogens (tertiary/aromatic N) is 3. The van der Waals surface area contributed by atoms with Crippen molar-refractivity contribution < 1.29 is 60.4 Å². The number of aliphatic hydroxyl groups excluding tert-OH is 2. The lowest BCUT2D eigenvalue weighted by atomic mass is 10.1. The molecule has 19 nitrogen and oxygen atoms in total. The summed E-state index contributed by atoms with van der Waals surface area (Å²) in [7, 11) is -16.3. The van der Waals surface area contributed by atoms with E-state index in [0.29, 0.717) is 0 Å². The first kappa shape index (κ1) is 26.4. The van der Waals surface area contributed by atoms with Gasteiger partial charge in [-0.15, -0.1) is 0 Å². The zero-order valence-corrected chi connectivity index (χ0v) is 19.3. The van der Waals surface area contributed by atoms with E-state index in [1.54, 1.807) is 0 Å². The van der Waals surface area contributed by atoms with E-state index >= 15 is 0 Å². The second-order valence-electron chi connectivity index (χ2n) is 6.27. The fourth-order valence-electron chi connectivity index (χ4n) is 2.71. The van der Waals surface area contributed by atoms with Crippen LogP contribution in [0.25, 0.3) is 11.2 Å². The Morgan fingerprint density at radius 1 is 1.15 bits per heavy atom. The van der Waals surface area contributed by atoms with Crippen LogP contribution in [0.3, 0.4) is 0 Å². The Labute approximate surface area is 187 Å². The average molecular weight is 555 g/mol. The summed E-state index contributed by atoms with van der Waals surface area (Å²) in [5.41, 5.74) is 4.53. The molecule has 0 saturated carbocycles. The highest BCUT2D eigenvalue weighted by molar-refractivity contribution is 7.81. The first-order valence-corrected chi connectivity index (χ1v) is 13.1. The molecule has 0 aliphatic carbocycles. The molecule has 0 amide bonds. The summed E-state index contributed by atoms with van der Waals surface area (Å²) in [6, 6.07) is 0. The summed E-state index contributed by atoms with van der Waals surface area (Å²) in [6.07, 6.45) is -5.29. The predicted molar refractivity (Wildman–Crippen MR) is 106 cm³/mol. The Morgan fingerprint density at radius 2 is 1.79 bits per heavy atom. The van der Waals surface area contributed by atoms with Crippen LogP contribution < -0.4 is 11.3 Å². The van der Waals surface area contributed by atoms with Crippen molar-refractivity contribution in [2.75, 3.05) is 12.3 Å². The number of aromatic amines is 1. The summed E-state index contributed by atoms with van der Waals surface area (Å²) in [6.45, 7) is -0.995. The van der Waals surface area contributed by atoms with Crippen LogP contribution in [0.1, 0.15) is 6.23 Å². The van der Waals surface area contributed by atoms with Crippen LogP contribution in [0.2, 0.25) is 0 Å². The third-order valence-corrected chi connectivity index (χ3v) is 8.58. The van der Waals surface area contributed by atoms with Crippen molar-refractivity contribution in [2.24, 2.45) is 0 Å². The predicted octanol–water partition coefficient (Wildman–Crippen LogP) is -1.47. The van der Waals surface area contributed by atoms with Gasteiger partial charge in [-0.1, -0.05) is 0 Å². The number of fused-ring (bicyclic) bond motifs is 1. The fourth-order valence-corrected chi connectivity index (χ4v) is 6.09. The molecule has 33 heavy (non-hydrogen) atoms. The number of H-pyrrole nitrogens is 1. The fraction of sp³-hybridized carbons (Fsp3) is 0.500. The lowest BCUT2D eigenvalue weighted by Gasteiger charge is -2.19. The van der Waals surface area contributed by atoms with Gasteiger partial charge in [-0.05, 0) is 12.9 Å². The van der Waals surface area contributed by atoms with Gasteiger partial charge >= 0.3 is 23.5 Å². The Bertz CT molecular complexity index is 1240. The number of aromatic nitrogens is 4. The minimum absolute atomic E-state index is 0.108. The minimum atomic E-state index is -5.67. The minimum Gasteiger partial charge on any atom is -0.387 e. The Morgan fingerprint density at radius 3 is 2.42 bits per heavy atom. The van der Waals surface area contributed by atoms with Gasteiger partial charge in [0.2, 0.25) is 5.95 Å². The molecule has 8 N–H and O–H groups in total. The number of phosphoric acid groups is 3. The maximum Gasteiger partial charge on any atom is 0.492 e. The summed E-state index contributed by atoms with van der Waals surface area (Å²) < 4.78 is 56.5. The number of rotatable bonds is 9. The van der Waals surface area contributed by atoms with Crippen molar-refractivity contribution in [1.29, 1.82) is 0 Å². The number of nitrogens with one attached hydrogen (secondary N) is 1. The Kier molecular flexibility index (Phi) is 7.55. The van der Waals surface area contributed by atoms with Gasteiger partial charge in [-0.2, -0.15) is 13.6 Å². The molecule has 0 radical (unpaired) electrons. The summed E-state index contributed by atoms with van der Waals surface area (Å²) in [5.74, 6) is -0.271. The highest BCUT2D eigenvalue weighted by Crippen LogP contribution is 2.68. The van der Waals surface area contributed by atoms with Crippen molar-refractivity contribution in [3.63, 3.8) is 0 Å². The maximum atomic E-state index is 11.9. The molecule has 1 fully saturated rings. The van der Waals surface area contributed by atoms with E-state index in [1.165, 1.54) is 0 Å². The number of ether oxygens (including phenoxy) is 1. The largest absolute Gasteiger partial charge is 0.492 e. The molecule has 0 aromatic carbocycles. The number of thiol groups is 1. The highest BCUT2D eigenvalue weighted by Gasteiger charge is 2.47. The zero-order valence-electron chi connectivity index (χ0n) is 15.7. The molecule has 186 valence electrons. The molecule has 3 heterocycles. The number of nitrogen functional groups attached to an aromatic ring is 1. The number of hydrogen-bond donors (Lipinski definition) is 8. The molecule has 23 heteroatoms.